The van der Waals surface area contributed by atoms with Crippen LogP contribution in [0, 0.1) is 5.41 Å². The molecular weight excluding hydrogens is 256 g/mol. The number of hydrogen-bond donors (Lipinski definition) is 2. The van der Waals surface area contributed by atoms with Crippen molar-refractivity contribution in [3.05, 3.63) is 24.3 Å². The Balaban J connectivity index is 2.94. The first kappa shape index (κ1) is 16.1. The van der Waals surface area contributed by atoms with E-state index < -0.39 is 11.0 Å². The lowest BCUT2D eigenvalue weighted by Gasteiger charge is -2.37. The van der Waals surface area contributed by atoms with Gasteiger partial charge in [0.2, 0.25) is 5.91 Å². The van der Waals surface area contributed by atoms with Gasteiger partial charge < -0.3 is 11.1 Å². The lowest BCUT2D eigenvalue weighted by atomic mass is 9.74. The second kappa shape index (κ2) is 5.97. The average Bonchev–Trinajstić information content (AvgIpc) is 2.30. The van der Waals surface area contributed by atoms with E-state index in [1.165, 1.54) is 0 Å². The van der Waals surface area contributed by atoms with Crippen molar-refractivity contribution in [2.24, 2.45) is 11.1 Å². The van der Waals surface area contributed by atoms with Crippen LogP contribution in [0.25, 0.3) is 0 Å². The van der Waals surface area contributed by atoms with Crippen molar-refractivity contribution < 1.29 is 4.79 Å². The molecular formula is C15H24N2OS. The first-order chi connectivity index (χ1) is 8.70. The molecule has 0 saturated heterocycles. The molecule has 0 aliphatic carbocycles. The summed E-state index contributed by atoms with van der Waals surface area (Å²) in [4.78, 5) is 13.5. The summed E-state index contributed by atoms with van der Waals surface area (Å²) in [5.74, 6) is 0.919. The molecule has 1 rings (SSSR count). The van der Waals surface area contributed by atoms with Crippen molar-refractivity contribution in [3.8, 4) is 0 Å². The van der Waals surface area contributed by atoms with Crippen molar-refractivity contribution in [1.82, 2.24) is 0 Å². The third-order valence-corrected chi connectivity index (χ3v) is 4.57. The molecule has 0 unspecified atom stereocenters. The Kier molecular flexibility index (Phi) is 5.04. The zero-order chi connectivity index (χ0) is 14.7. The number of para-hydroxylation sites is 1. The number of nitrogens with two attached hydrogens (primary N) is 1. The number of carbonyl (C=O) groups is 1. The van der Waals surface area contributed by atoms with Gasteiger partial charge in [-0.05, 0) is 45.6 Å². The van der Waals surface area contributed by atoms with Crippen LogP contribution in [0.4, 0.5) is 5.69 Å². The number of nitrogens with one attached hydrogen (secondary N) is 1. The van der Waals surface area contributed by atoms with Crippen LogP contribution in [0.5, 0.6) is 0 Å². The fraction of sp³-hybridized carbons (Fsp3) is 0.533. The molecule has 0 saturated carbocycles. The monoisotopic (exact) mass is 280 g/mol. The summed E-state index contributed by atoms with van der Waals surface area (Å²) in [6, 6.07) is 7.85. The average molecular weight is 280 g/mol. The van der Waals surface area contributed by atoms with Crippen LogP contribution in [0.3, 0.4) is 0 Å². The van der Waals surface area contributed by atoms with Crippen LogP contribution >= 0.6 is 11.8 Å². The van der Waals surface area contributed by atoms with Crippen molar-refractivity contribution >= 4 is 23.4 Å². The van der Waals surface area contributed by atoms with Gasteiger partial charge in [-0.1, -0.05) is 19.1 Å². The zero-order valence-electron chi connectivity index (χ0n) is 12.4. The highest BCUT2D eigenvalue weighted by molar-refractivity contribution is 7.99. The van der Waals surface area contributed by atoms with E-state index in [9.17, 15) is 4.79 Å². The molecule has 0 radical (unpaired) electrons. The summed E-state index contributed by atoms with van der Waals surface area (Å²) < 4.78 is 0. The van der Waals surface area contributed by atoms with Crippen LogP contribution in [0.2, 0.25) is 0 Å². The maximum atomic E-state index is 12.4. The first-order valence-electron chi connectivity index (χ1n) is 6.52. The highest BCUT2D eigenvalue weighted by atomic mass is 32.2. The summed E-state index contributed by atoms with van der Waals surface area (Å²) in [5.41, 5.74) is 5.74. The number of thioether (sulfide) groups is 1. The fourth-order valence-corrected chi connectivity index (χ4v) is 2.18. The van der Waals surface area contributed by atoms with Gasteiger partial charge in [-0.15, -0.1) is 11.8 Å². The molecule has 0 heterocycles. The number of anilines is 1. The smallest absolute Gasteiger partial charge is 0.231 e. The predicted octanol–water partition coefficient (Wildman–Crippen LogP) is 3.50. The minimum atomic E-state index is -0.642. The number of carbonyl (C=O) groups excluding carboxylic acids is 1. The largest absolute Gasteiger partial charge is 0.325 e. The molecule has 1 aromatic carbocycles. The van der Waals surface area contributed by atoms with E-state index >= 15 is 0 Å². The number of rotatable bonds is 5. The maximum absolute atomic E-state index is 12.4. The highest BCUT2D eigenvalue weighted by Gasteiger charge is 2.40. The minimum Gasteiger partial charge on any atom is -0.325 e. The second-order valence-corrected chi connectivity index (χ2v) is 7.04. The van der Waals surface area contributed by atoms with Gasteiger partial charge in [-0.25, -0.2) is 0 Å². The lowest BCUT2D eigenvalue weighted by molar-refractivity contribution is -0.126. The van der Waals surface area contributed by atoms with Gasteiger partial charge >= 0.3 is 0 Å². The molecule has 0 aromatic heterocycles. The van der Waals surface area contributed by atoms with Gasteiger partial charge in [0.15, 0.2) is 0 Å². The summed E-state index contributed by atoms with van der Waals surface area (Å²) in [6.07, 6.45) is 0. The van der Waals surface area contributed by atoms with E-state index in [1.807, 2.05) is 52.0 Å². The van der Waals surface area contributed by atoms with Gasteiger partial charge in [-0.3, -0.25) is 4.79 Å². The molecule has 1 aromatic rings. The predicted molar refractivity (Wildman–Crippen MR) is 83.5 cm³/mol. The Morgan fingerprint density at radius 3 is 2.37 bits per heavy atom. The van der Waals surface area contributed by atoms with Crippen molar-refractivity contribution in [2.75, 3.05) is 11.1 Å². The Morgan fingerprint density at radius 2 is 1.84 bits per heavy atom. The van der Waals surface area contributed by atoms with Crippen LogP contribution in [-0.2, 0) is 4.79 Å². The molecule has 1 amide bonds. The first-order valence-corrected chi connectivity index (χ1v) is 7.51. The quantitative estimate of drug-likeness (QED) is 0.812. The molecule has 3 nitrogen and oxygen atoms in total. The van der Waals surface area contributed by atoms with Gasteiger partial charge in [0.05, 0.1) is 11.1 Å². The van der Waals surface area contributed by atoms with Crippen molar-refractivity contribution in [3.63, 3.8) is 0 Å². The molecule has 3 N–H and O–H groups in total. The number of benzene rings is 1. The third-order valence-electron chi connectivity index (χ3n) is 3.61. The van der Waals surface area contributed by atoms with E-state index in [2.05, 4.69) is 12.2 Å². The lowest BCUT2D eigenvalue weighted by Crippen LogP contribution is -2.53. The van der Waals surface area contributed by atoms with Crippen LogP contribution in [0.1, 0.15) is 34.6 Å². The van der Waals surface area contributed by atoms with Gasteiger partial charge in [0, 0.05) is 10.4 Å². The minimum absolute atomic E-state index is 0.0517. The SMILES string of the molecule is CCSc1ccccc1NC(=O)C(C)(C)C(C)(C)N. The van der Waals surface area contributed by atoms with E-state index in [0.717, 1.165) is 16.3 Å². The van der Waals surface area contributed by atoms with Gasteiger partial charge in [0.25, 0.3) is 0 Å². The van der Waals surface area contributed by atoms with E-state index in [1.54, 1.807) is 11.8 Å². The normalized spacial score (nSPS) is 12.3. The number of amides is 1. The molecule has 0 bridgehead atoms. The number of hydrogen-bond acceptors (Lipinski definition) is 3. The zero-order valence-corrected chi connectivity index (χ0v) is 13.2. The standard InChI is InChI=1S/C15H24N2OS/c1-6-19-12-10-8-7-9-11(12)17-13(18)14(2,3)15(4,5)16/h7-10H,6,16H2,1-5H3,(H,17,18). The Bertz CT molecular complexity index is 450. The molecule has 0 aliphatic heterocycles. The molecule has 106 valence electrons. The van der Waals surface area contributed by atoms with Gasteiger partial charge in [-0.2, -0.15) is 0 Å². The molecule has 0 aliphatic rings. The van der Waals surface area contributed by atoms with Crippen LogP contribution in [-0.4, -0.2) is 17.2 Å². The molecule has 0 fully saturated rings. The van der Waals surface area contributed by atoms with Crippen LogP contribution < -0.4 is 11.1 Å². The second-order valence-electron chi connectivity index (χ2n) is 5.73. The molecule has 0 spiro atoms. The van der Waals surface area contributed by atoms with Crippen molar-refractivity contribution in [2.45, 2.75) is 45.1 Å². The fourth-order valence-electron chi connectivity index (χ4n) is 1.42. The Labute approximate surface area is 120 Å². The Morgan fingerprint density at radius 1 is 1.26 bits per heavy atom. The van der Waals surface area contributed by atoms with E-state index in [0.29, 0.717) is 0 Å². The molecule has 4 heteroatoms. The highest BCUT2D eigenvalue weighted by Crippen LogP contribution is 2.32. The summed E-state index contributed by atoms with van der Waals surface area (Å²) >= 11 is 1.72. The van der Waals surface area contributed by atoms with E-state index in [4.69, 9.17) is 5.73 Å². The van der Waals surface area contributed by atoms with E-state index in [-0.39, 0.29) is 5.91 Å². The Hall–Kier alpha value is -1.00. The van der Waals surface area contributed by atoms with Crippen LogP contribution in [0.15, 0.2) is 29.2 Å². The summed E-state index contributed by atoms with van der Waals surface area (Å²) in [7, 11) is 0. The summed E-state index contributed by atoms with van der Waals surface area (Å²) in [5, 5.41) is 3.00. The molecule has 19 heavy (non-hydrogen) atoms. The molecule has 0 atom stereocenters. The summed E-state index contributed by atoms with van der Waals surface area (Å²) in [6.45, 7) is 9.59. The van der Waals surface area contributed by atoms with Crippen molar-refractivity contribution in [1.29, 1.82) is 0 Å². The third kappa shape index (κ3) is 3.74. The van der Waals surface area contributed by atoms with Gasteiger partial charge in [0.1, 0.15) is 0 Å². The topological polar surface area (TPSA) is 55.1 Å². The maximum Gasteiger partial charge on any atom is 0.231 e.